The first-order chi connectivity index (χ1) is 7.92. The minimum absolute atomic E-state index is 0.104. The van der Waals surface area contributed by atoms with E-state index in [2.05, 4.69) is 4.90 Å². The van der Waals surface area contributed by atoms with Crippen LogP contribution in [0.25, 0.3) is 0 Å². The molecule has 0 aromatic heterocycles. The Balaban J connectivity index is 1.73. The van der Waals surface area contributed by atoms with Crippen LogP contribution in [0.3, 0.4) is 0 Å². The second-order valence-electron chi connectivity index (χ2n) is 6.75. The molecule has 0 aliphatic carbocycles. The first-order valence-electron chi connectivity index (χ1n) is 6.66. The van der Waals surface area contributed by atoms with Crippen LogP contribution in [0.15, 0.2) is 0 Å². The molecular weight excluding hydrogens is 216 g/mol. The highest BCUT2D eigenvalue weighted by atomic mass is 16.6. The molecular formula is C13H22N2O2. The average molecular weight is 238 g/mol. The Labute approximate surface area is 103 Å². The van der Waals surface area contributed by atoms with Crippen LogP contribution in [0.4, 0.5) is 4.79 Å². The topological polar surface area (TPSA) is 32.8 Å². The molecule has 4 saturated heterocycles. The highest BCUT2D eigenvalue weighted by Crippen LogP contribution is 2.38. The fourth-order valence-corrected chi connectivity index (χ4v) is 3.66. The van der Waals surface area contributed by atoms with E-state index in [1.165, 1.54) is 19.4 Å². The van der Waals surface area contributed by atoms with Gasteiger partial charge in [0.05, 0.1) is 0 Å². The predicted octanol–water partition coefficient (Wildman–Crippen LogP) is 1.70. The Bertz CT molecular complexity index is 307. The van der Waals surface area contributed by atoms with Crippen LogP contribution in [0, 0.1) is 5.92 Å². The van der Waals surface area contributed by atoms with Crippen molar-refractivity contribution < 1.29 is 9.53 Å². The van der Waals surface area contributed by atoms with Crippen LogP contribution in [-0.4, -0.2) is 53.2 Å². The minimum Gasteiger partial charge on any atom is -0.444 e. The summed E-state index contributed by atoms with van der Waals surface area (Å²) in [6, 6.07) is 0.798. The number of hydrogen-bond donors (Lipinski definition) is 0. The first-order valence-corrected chi connectivity index (χ1v) is 6.66. The van der Waals surface area contributed by atoms with Crippen molar-refractivity contribution in [2.45, 2.75) is 51.3 Å². The zero-order valence-electron chi connectivity index (χ0n) is 11.0. The summed E-state index contributed by atoms with van der Waals surface area (Å²) in [4.78, 5) is 16.8. The fourth-order valence-electron chi connectivity index (χ4n) is 3.66. The molecule has 4 fully saturated rings. The van der Waals surface area contributed by atoms with Gasteiger partial charge in [0.2, 0.25) is 0 Å². The summed E-state index contributed by atoms with van der Waals surface area (Å²) in [6.07, 6.45) is 2.24. The van der Waals surface area contributed by atoms with Crippen LogP contribution in [0.1, 0.15) is 33.6 Å². The van der Waals surface area contributed by atoms with Crippen molar-refractivity contribution >= 4 is 6.09 Å². The van der Waals surface area contributed by atoms with Crippen molar-refractivity contribution in [2.75, 3.05) is 19.6 Å². The van der Waals surface area contributed by atoms with Gasteiger partial charge in [-0.15, -0.1) is 0 Å². The van der Waals surface area contributed by atoms with E-state index in [0.717, 1.165) is 19.0 Å². The molecule has 0 aromatic rings. The molecule has 4 heteroatoms. The van der Waals surface area contributed by atoms with Gasteiger partial charge in [-0.3, -0.25) is 9.80 Å². The zero-order chi connectivity index (χ0) is 12.2. The average Bonchev–Trinajstić information content (AvgIpc) is 2.11. The number of amides is 1. The highest BCUT2D eigenvalue weighted by Gasteiger charge is 2.48. The van der Waals surface area contributed by atoms with Crippen LogP contribution >= 0.6 is 0 Å². The molecule has 4 rings (SSSR count). The predicted molar refractivity (Wildman–Crippen MR) is 64.8 cm³/mol. The number of piperazine rings is 1. The smallest absolute Gasteiger partial charge is 0.410 e. The Hall–Kier alpha value is -0.770. The number of nitrogens with zero attached hydrogens (tertiary/aromatic N) is 2. The van der Waals surface area contributed by atoms with E-state index in [1.807, 2.05) is 25.7 Å². The first kappa shape index (κ1) is 11.3. The number of piperidine rings is 3. The third kappa shape index (κ3) is 2.03. The molecule has 2 unspecified atom stereocenters. The van der Waals surface area contributed by atoms with E-state index in [4.69, 9.17) is 4.74 Å². The number of carbonyl (C=O) groups excluding carboxylic acids is 1. The number of hydrogen-bond acceptors (Lipinski definition) is 3. The lowest BCUT2D eigenvalue weighted by Crippen LogP contribution is -2.69. The van der Waals surface area contributed by atoms with Gasteiger partial charge in [-0.2, -0.15) is 0 Å². The molecule has 96 valence electrons. The normalized spacial score (nSPS) is 39.6. The molecule has 0 saturated carbocycles. The second kappa shape index (κ2) is 3.61. The summed E-state index contributed by atoms with van der Waals surface area (Å²) in [6.45, 7) is 9.15. The second-order valence-corrected chi connectivity index (χ2v) is 6.75. The maximum Gasteiger partial charge on any atom is 0.410 e. The van der Waals surface area contributed by atoms with Crippen molar-refractivity contribution in [3.05, 3.63) is 0 Å². The van der Waals surface area contributed by atoms with Crippen LogP contribution in [0.2, 0.25) is 0 Å². The van der Waals surface area contributed by atoms with Gasteiger partial charge < -0.3 is 4.74 Å². The summed E-state index contributed by atoms with van der Waals surface area (Å²) in [5, 5.41) is 0. The molecule has 2 atom stereocenters. The molecule has 0 radical (unpaired) electrons. The lowest BCUT2D eigenvalue weighted by Gasteiger charge is -2.57. The molecule has 4 aliphatic rings. The third-order valence-electron chi connectivity index (χ3n) is 4.06. The summed E-state index contributed by atoms with van der Waals surface area (Å²) < 4.78 is 5.53. The van der Waals surface area contributed by atoms with E-state index >= 15 is 0 Å². The molecule has 4 heterocycles. The summed E-state index contributed by atoms with van der Waals surface area (Å²) >= 11 is 0. The molecule has 4 nitrogen and oxygen atoms in total. The molecule has 0 aromatic carbocycles. The number of ether oxygens (including phenoxy) is 1. The highest BCUT2D eigenvalue weighted by molar-refractivity contribution is 5.69. The van der Waals surface area contributed by atoms with E-state index in [9.17, 15) is 4.79 Å². The number of rotatable bonds is 0. The van der Waals surface area contributed by atoms with Gasteiger partial charge in [-0.1, -0.05) is 0 Å². The summed E-state index contributed by atoms with van der Waals surface area (Å²) in [5.74, 6) is 0.811. The van der Waals surface area contributed by atoms with Crippen LogP contribution < -0.4 is 0 Å². The molecule has 4 bridgehead atoms. The summed E-state index contributed by atoms with van der Waals surface area (Å²) in [7, 11) is 0. The maximum absolute atomic E-state index is 12.2. The Morgan fingerprint density at radius 2 is 1.71 bits per heavy atom. The SMILES string of the molecule is CC(C)(C)OC(=O)N1C2CC3CC1CN(C3)C2. The molecule has 0 N–H and O–H groups in total. The van der Waals surface area contributed by atoms with E-state index in [-0.39, 0.29) is 11.7 Å². The van der Waals surface area contributed by atoms with Crippen molar-refractivity contribution in [2.24, 2.45) is 5.92 Å². The lowest BCUT2D eigenvalue weighted by molar-refractivity contribution is -0.0842. The lowest BCUT2D eigenvalue weighted by atomic mass is 9.78. The van der Waals surface area contributed by atoms with Gasteiger partial charge in [0.25, 0.3) is 0 Å². The standard InChI is InChI=1S/C13H22N2O2/c1-13(2,3)17-12(16)15-10-4-9-5-11(15)8-14(6-9)7-10/h9-11H,4-8H2,1-3H3. The van der Waals surface area contributed by atoms with Gasteiger partial charge in [0.15, 0.2) is 0 Å². The van der Waals surface area contributed by atoms with Gasteiger partial charge in [0.1, 0.15) is 5.60 Å². The molecule has 4 aliphatic heterocycles. The zero-order valence-corrected chi connectivity index (χ0v) is 11.0. The van der Waals surface area contributed by atoms with Gasteiger partial charge in [-0.05, 0) is 39.5 Å². The third-order valence-corrected chi connectivity index (χ3v) is 4.06. The molecule has 17 heavy (non-hydrogen) atoms. The fraction of sp³-hybridized carbons (Fsp3) is 0.923. The van der Waals surface area contributed by atoms with Gasteiger partial charge in [0, 0.05) is 31.7 Å². The van der Waals surface area contributed by atoms with Gasteiger partial charge >= 0.3 is 6.09 Å². The Morgan fingerprint density at radius 3 is 2.18 bits per heavy atom. The Morgan fingerprint density at radius 1 is 1.12 bits per heavy atom. The van der Waals surface area contributed by atoms with E-state index in [1.54, 1.807) is 0 Å². The van der Waals surface area contributed by atoms with Crippen molar-refractivity contribution in [3.8, 4) is 0 Å². The largest absolute Gasteiger partial charge is 0.444 e. The van der Waals surface area contributed by atoms with E-state index in [0.29, 0.717) is 12.1 Å². The van der Waals surface area contributed by atoms with E-state index < -0.39 is 0 Å². The van der Waals surface area contributed by atoms with Crippen molar-refractivity contribution in [1.29, 1.82) is 0 Å². The van der Waals surface area contributed by atoms with Crippen LogP contribution in [0.5, 0.6) is 0 Å². The monoisotopic (exact) mass is 238 g/mol. The maximum atomic E-state index is 12.2. The molecule has 1 amide bonds. The van der Waals surface area contributed by atoms with Crippen molar-refractivity contribution in [1.82, 2.24) is 9.80 Å². The summed E-state index contributed by atoms with van der Waals surface area (Å²) in [5.41, 5.74) is -0.383. The minimum atomic E-state index is -0.383. The van der Waals surface area contributed by atoms with Crippen LogP contribution in [-0.2, 0) is 4.74 Å². The van der Waals surface area contributed by atoms with Crippen molar-refractivity contribution in [3.63, 3.8) is 0 Å². The molecule has 0 spiro atoms. The Kier molecular flexibility index (Phi) is 2.41. The number of carbonyl (C=O) groups is 1. The van der Waals surface area contributed by atoms with Gasteiger partial charge in [-0.25, -0.2) is 4.79 Å². The quantitative estimate of drug-likeness (QED) is 0.644.